The molecule has 3 rings (SSSR count). The first-order valence-corrected chi connectivity index (χ1v) is 8.11. The van der Waals surface area contributed by atoms with Crippen LogP contribution in [0.2, 0.25) is 0 Å². The largest absolute Gasteiger partial charge is 0.492 e. The molecule has 6 nitrogen and oxygen atoms in total. The number of hydrogen-bond donors (Lipinski definition) is 1. The van der Waals surface area contributed by atoms with Gasteiger partial charge in [0, 0.05) is 0 Å². The van der Waals surface area contributed by atoms with Crippen LogP contribution >= 0.6 is 0 Å². The molecule has 1 amide bonds. The number of benzene rings is 2. The average molecular weight is 336 g/mol. The van der Waals surface area contributed by atoms with Gasteiger partial charge in [0.15, 0.2) is 0 Å². The number of amides is 1. The second-order valence-electron chi connectivity index (χ2n) is 5.60. The molecule has 0 saturated carbocycles. The molecule has 0 unspecified atom stereocenters. The number of aromatic nitrogens is 3. The smallest absolute Gasteiger partial charge is 0.291 e. The molecular formula is C19H20N4O2. The van der Waals surface area contributed by atoms with Crippen molar-refractivity contribution in [1.29, 1.82) is 0 Å². The minimum atomic E-state index is -0.313. The van der Waals surface area contributed by atoms with E-state index in [1.165, 1.54) is 0 Å². The summed E-state index contributed by atoms with van der Waals surface area (Å²) in [6, 6.07) is 17.3. The molecule has 3 aromatic rings. The molecule has 1 aromatic heterocycles. The second kappa shape index (κ2) is 7.61. The Morgan fingerprint density at radius 3 is 2.56 bits per heavy atom. The van der Waals surface area contributed by atoms with Gasteiger partial charge in [0.2, 0.25) is 5.82 Å². The predicted octanol–water partition coefficient (Wildman–Crippen LogP) is 2.69. The first-order valence-electron chi connectivity index (χ1n) is 8.11. The first kappa shape index (κ1) is 16.7. The number of hydrogen-bond acceptors (Lipinski definition) is 4. The summed E-state index contributed by atoms with van der Waals surface area (Å²) in [6.07, 6.45) is 0. The van der Waals surface area contributed by atoms with Crippen molar-refractivity contribution in [3.63, 3.8) is 0 Å². The topological polar surface area (TPSA) is 69.0 Å². The number of rotatable bonds is 6. The zero-order valence-corrected chi connectivity index (χ0v) is 14.3. The normalized spacial score (nSPS) is 10.5. The molecule has 25 heavy (non-hydrogen) atoms. The van der Waals surface area contributed by atoms with Crippen LogP contribution in [0.4, 0.5) is 0 Å². The van der Waals surface area contributed by atoms with Crippen LogP contribution in [0.5, 0.6) is 5.75 Å². The van der Waals surface area contributed by atoms with Crippen molar-refractivity contribution in [3.8, 4) is 11.4 Å². The van der Waals surface area contributed by atoms with E-state index in [0.29, 0.717) is 19.0 Å². The summed E-state index contributed by atoms with van der Waals surface area (Å²) >= 11 is 0. The van der Waals surface area contributed by atoms with Gasteiger partial charge in [0.1, 0.15) is 18.2 Å². The van der Waals surface area contributed by atoms with Crippen molar-refractivity contribution in [3.05, 3.63) is 71.8 Å². The van der Waals surface area contributed by atoms with Crippen molar-refractivity contribution in [2.75, 3.05) is 13.2 Å². The lowest BCUT2D eigenvalue weighted by Crippen LogP contribution is -2.29. The summed E-state index contributed by atoms with van der Waals surface area (Å²) in [5.41, 5.74) is 1.98. The predicted molar refractivity (Wildman–Crippen MR) is 95.1 cm³/mol. The molecular weight excluding hydrogens is 316 g/mol. The van der Waals surface area contributed by atoms with Crippen LogP contribution in [0.3, 0.4) is 0 Å². The summed E-state index contributed by atoms with van der Waals surface area (Å²) in [4.78, 5) is 16.5. The minimum absolute atomic E-state index is 0.153. The van der Waals surface area contributed by atoms with E-state index in [9.17, 15) is 4.79 Å². The molecule has 0 aliphatic carbocycles. The number of nitrogens with zero attached hydrogens (tertiary/aromatic N) is 3. The van der Waals surface area contributed by atoms with Gasteiger partial charge in [-0.05, 0) is 37.6 Å². The Bertz CT molecular complexity index is 859. The number of carbonyl (C=O) groups is 1. The fourth-order valence-corrected chi connectivity index (χ4v) is 2.44. The van der Waals surface area contributed by atoms with E-state index in [0.717, 1.165) is 17.0 Å². The van der Waals surface area contributed by atoms with E-state index in [1.807, 2.05) is 68.4 Å². The summed E-state index contributed by atoms with van der Waals surface area (Å²) in [5, 5.41) is 7.10. The summed E-state index contributed by atoms with van der Waals surface area (Å²) in [7, 11) is 0. The van der Waals surface area contributed by atoms with Gasteiger partial charge in [0.05, 0.1) is 12.2 Å². The molecule has 0 aliphatic rings. The lowest BCUT2D eigenvalue weighted by molar-refractivity contribution is 0.0936. The molecule has 1 N–H and O–H groups in total. The Labute approximate surface area is 146 Å². The molecule has 0 fully saturated rings. The van der Waals surface area contributed by atoms with Crippen LogP contribution in [-0.2, 0) is 0 Å². The SMILES string of the molecule is Cc1ccccc1-n1nc(C(=O)NCCOc2ccccc2)nc1C. The molecule has 1 heterocycles. The Hall–Kier alpha value is -3.15. The van der Waals surface area contributed by atoms with Crippen LogP contribution in [0.1, 0.15) is 22.0 Å². The highest BCUT2D eigenvalue weighted by molar-refractivity contribution is 5.90. The highest BCUT2D eigenvalue weighted by atomic mass is 16.5. The van der Waals surface area contributed by atoms with Gasteiger partial charge in [-0.1, -0.05) is 36.4 Å². The van der Waals surface area contributed by atoms with Crippen LogP contribution < -0.4 is 10.1 Å². The summed E-state index contributed by atoms with van der Waals surface area (Å²) in [6.45, 7) is 4.59. The van der Waals surface area contributed by atoms with Crippen LogP contribution in [0.25, 0.3) is 5.69 Å². The molecule has 0 saturated heterocycles. The van der Waals surface area contributed by atoms with Gasteiger partial charge in [-0.2, -0.15) is 0 Å². The zero-order chi connectivity index (χ0) is 17.6. The Balaban J connectivity index is 1.60. The van der Waals surface area contributed by atoms with Crippen LogP contribution in [0.15, 0.2) is 54.6 Å². The maximum absolute atomic E-state index is 12.2. The summed E-state index contributed by atoms with van der Waals surface area (Å²) in [5.74, 6) is 1.28. The molecule has 128 valence electrons. The Morgan fingerprint density at radius 2 is 1.80 bits per heavy atom. The lowest BCUT2D eigenvalue weighted by atomic mass is 10.2. The molecule has 0 atom stereocenters. The number of aryl methyl sites for hydroxylation is 2. The lowest BCUT2D eigenvalue weighted by Gasteiger charge is -2.06. The molecule has 0 spiro atoms. The van der Waals surface area contributed by atoms with Gasteiger partial charge >= 0.3 is 0 Å². The van der Waals surface area contributed by atoms with E-state index in [1.54, 1.807) is 4.68 Å². The third kappa shape index (κ3) is 4.03. The number of para-hydroxylation sites is 2. The van der Waals surface area contributed by atoms with Gasteiger partial charge in [-0.3, -0.25) is 4.79 Å². The van der Waals surface area contributed by atoms with E-state index >= 15 is 0 Å². The quantitative estimate of drug-likeness (QED) is 0.703. The number of carbonyl (C=O) groups excluding carboxylic acids is 1. The standard InChI is InChI=1S/C19H20N4O2/c1-14-8-6-7-11-17(14)23-15(2)21-18(22-23)19(24)20-12-13-25-16-9-4-3-5-10-16/h3-11H,12-13H2,1-2H3,(H,20,24). The fraction of sp³-hybridized carbons (Fsp3) is 0.211. The molecule has 0 radical (unpaired) electrons. The highest BCUT2D eigenvalue weighted by Gasteiger charge is 2.15. The third-order valence-electron chi connectivity index (χ3n) is 3.72. The van der Waals surface area contributed by atoms with Crippen LogP contribution in [0, 0.1) is 13.8 Å². The number of ether oxygens (including phenoxy) is 1. The van der Waals surface area contributed by atoms with Gasteiger partial charge in [-0.25, -0.2) is 9.67 Å². The zero-order valence-electron chi connectivity index (χ0n) is 14.3. The second-order valence-corrected chi connectivity index (χ2v) is 5.60. The van der Waals surface area contributed by atoms with Gasteiger partial charge < -0.3 is 10.1 Å². The van der Waals surface area contributed by atoms with Crippen molar-refractivity contribution in [2.45, 2.75) is 13.8 Å². The maximum Gasteiger partial charge on any atom is 0.291 e. The van der Waals surface area contributed by atoms with Crippen molar-refractivity contribution < 1.29 is 9.53 Å². The highest BCUT2D eigenvalue weighted by Crippen LogP contribution is 2.14. The molecule has 6 heteroatoms. The molecule has 0 bridgehead atoms. The minimum Gasteiger partial charge on any atom is -0.492 e. The van der Waals surface area contributed by atoms with E-state index in [-0.39, 0.29) is 11.7 Å². The Kier molecular flexibility index (Phi) is 5.09. The maximum atomic E-state index is 12.2. The van der Waals surface area contributed by atoms with Gasteiger partial charge in [0.25, 0.3) is 5.91 Å². The van der Waals surface area contributed by atoms with Crippen molar-refractivity contribution >= 4 is 5.91 Å². The first-order chi connectivity index (χ1) is 12.1. The van der Waals surface area contributed by atoms with E-state index < -0.39 is 0 Å². The van der Waals surface area contributed by atoms with E-state index in [4.69, 9.17) is 4.74 Å². The monoisotopic (exact) mass is 336 g/mol. The Morgan fingerprint density at radius 1 is 1.08 bits per heavy atom. The van der Waals surface area contributed by atoms with E-state index in [2.05, 4.69) is 15.4 Å². The number of nitrogens with one attached hydrogen (secondary N) is 1. The van der Waals surface area contributed by atoms with Crippen LogP contribution in [-0.4, -0.2) is 33.8 Å². The third-order valence-corrected chi connectivity index (χ3v) is 3.72. The molecule has 2 aromatic carbocycles. The molecule has 0 aliphatic heterocycles. The average Bonchev–Trinajstić information content (AvgIpc) is 3.01. The van der Waals surface area contributed by atoms with Gasteiger partial charge in [-0.15, -0.1) is 5.10 Å². The van der Waals surface area contributed by atoms with Crippen molar-refractivity contribution in [2.24, 2.45) is 0 Å². The fourth-order valence-electron chi connectivity index (χ4n) is 2.44. The van der Waals surface area contributed by atoms with Crippen molar-refractivity contribution in [1.82, 2.24) is 20.1 Å². The summed E-state index contributed by atoms with van der Waals surface area (Å²) < 4.78 is 7.23.